The number of hydrogen-bond donors (Lipinski definition) is 2. The number of piperidine rings is 1. The number of benzene rings is 1. The lowest BCUT2D eigenvalue weighted by Gasteiger charge is -2.47. The van der Waals surface area contributed by atoms with E-state index in [2.05, 4.69) is 41.5 Å². The Labute approximate surface area is 114 Å². The lowest BCUT2D eigenvalue weighted by molar-refractivity contribution is 0.104. The van der Waals surface area contributed by atoms with Crippen molar-refractivity contribution in [1.29, 1.82) is 0 Å². The summed E-state index contributed by atoms with van der Waals surface area (Å²) < 4.78 is 0. The lowest BCUT2D eigenvalue weighted by atomic mass is 9.63. The zero-order valence-corrected chi connectivity index (χ0v) is 11.6. The highest BCUT2D eigenvalue weighted by Gasteiger charge is 2.44. The van der Waals surface area contributed by atoms with E-state index in [0.29, 0.717) is 11.5 Å². The van der Waals surface area contributed by atoms with Gasteiger partial charge in [-0.1, -0.05) is 25.1 Å². The maximum absolute atomic E-state index is 3.83. The third kappa shape index (κ3) is 1.53. The first kappa shape index (κ1) is 11.5. The summed E-state index contributed by atoms with van der Waals surface area (Å²) >= 11 is 0. The summed E-state index contributed by atoms with van der Waals surface area (Å²) in [5.74, 6) is 0. The van der Waals surface area contributed by atoms with Crippen LogP contribution >= 0.6 is 0 Å². The first-order chi connectivity index (χ1) is 9.34. The zero-order valence-electron chi connectivity index (χ0n) is 11.6. The fourth-order valence-corrected chi connectivity index (χ4v) is 4.40. The van der Waals surface area contributed by atoms with Gasteiger partial charge in [0.2, 0.25) is 0 Å². The molecule has 2 N–H and O–H groups in total. The fraction of sp³-hybridized carbons (Fsp3) is 0.529. The van der Waals surface area contributed by atoms with Gasteiger partial charge < -0.3 is 10.3 Å². The van der Waals surface area contributed by atoms with Crippen LogP contribution in [0.1, 0.15) is 49.9 Å². The molecule has 0 spiro atoms. The molecule has 0 bridgehead atoms. The molecule has 1 aliphatic heterocycles. The molecule has 100 valence electrons. The minimum atomic E-state index is 0.496. The molecule has 1 fully saturated rings. The topological polar surface area (TPSA) is 27.8 Å². The smallest absolute Gasteiger partial charge is 0.0459 e. The minimum absolute atomic E-state index is 0.496. The van der Waals surface area contributed by atoms with Crippen LogP contribution in [-0.4, -0.2) is 11.5 Å². The van der Waals surface area contributed by atoms with Gasteiger partial charge in [-0.25, -0.2) is 0 Å². The molecule has 1 aromatic heterocycles. The highest BCUT2D eigenvalue weighted by molar-refractivity contribution is 5.85. The van der Waals surface area contributed by atoms with E-state index < -0.39 is 0 Å². The standard InChI is InChI=1S/C17H22N2/c1-2-17-9-5-11-18-16(17)15-12-6-3-4-7-13(12)19-14(15)8-10-17/h3-4,6-7,16,18-19H,2,5,8-11H2,1H3/t16-,17+/m1/s1. The van der Waals surface area contributed by atoms with Crippen molar-refractivity contribution in [1.82, 2.24) is 10.3 Å². The minimum Gasteiger partial charge on any atom is -0.358 e. The second kappa shape index (κ2) is 4.11. The van der Waals surface area contributed by atoms with Crippen molar-refractivity contribution in [2.24, 2.45) is 5.41 Å². The second-order valence-corrected chi connectivity index (χ2v) is 6.27. The Bertz CT molecular complexity index is 613. The molecule has 2 aromatic rings. The van der Waals surface area contributed by atoms with Gasteiger partial charge in [0, 0.05) is 22.6 Å². The average Bonchev–Trinajstić information content (AvgIpc) is 2.85. The van der Waals surface area contributed by atoms with Crippen molar-refractivity contribution in [2.75, 3.05) is 6.54 Å². The van der Waals surface area contributed by atoms with Gasteiger partial charge in [0.05, 0.1) is 0 Å². The van der Waals surface area contributed by atoms with Gasteiger partial charge in [0.1, 0.15) is 0 Å². The van der Waals surface area contributed by atoms with Crippen molar-refractivity contribution >= 4 is 10.9 Å². The van der Waals surface area contributed by atoms with Crippen LogP contribution in [0.5, 0.6) is 0 Å². The summed E-state index contributed by atoms with van der Waals surface area (Å²) in [6, 6.07) is 9.36. The van der Waals surface area contributed by atoms with E-state index in [0.717, 1.165) is 0 Å². The number of hydrogen-bond acceptors (Lipinski definition) is 1. The summed E-state index contributed by atoms with van der Waals surface area (Å²) in [6.45, 7) is 3.55. The maximum Gasteiger partial charge on any atom is 0.0459 e. The molecule has 0 amide bonds. The number of aromatic amines is 1. The summed E-state index contributed by atoms with van der Waals surface area (Å²) in [5.41, 5.74) is 4.86. The number of aryl methyl sites for hydroxylation is 1. The molecule has 2 nitrogen and oxygen atoms in total. The number of aromatic nitrogens is 1. The van der Waals surface area contributed by atoms with Crippen LogP contribution in [0.15, 0.2) is 24.3 Å². The fourth-order valence-electron chi connectivity index (χ4n) is 4.40. The lowest BCUT2D eigenvalue weighted by Crippen LogP contribution is -2.45. The van der Waals surface area contributed by atoms with Crippen LogP contribution in [-0.2, 0) is 6.42 Å². The Kier molecular flexibility index (Phi) is 2.49. The van der Waals surface area contributed by atoms with Crippen LogP contribution in [0.25, 0.3) is 10.9 Å². The molecule has 2 aliphatic rings. The first-order valence-corrected chi connectivity index (χ1v) is 7.67. The van der Waals surface area contributed by atoms with Crippen LogP contribution in [0.3, 0.4) is 0 Å². The van der Waals surface area contributed by atoms with Gasteiger partial charge in [0.15, 0.2) is 0 Å². The van der Waals surface area contributed by atoms with E-state index in [4.69, 9.17) is 0 Å². The van der Waals surface area contributed by atoms with Gasteiger partial charge in [-0.2, -0.15) is 0 Å². The van der Waals surface area contributed by atoms with Crippen LogP contribution < -0.4 is 5.32 Å². The van der Waals surface area contributed by atoms with E-state index in [1.54, 1.807) is 5.56 Å². The molecular weight excluding hydrogens is 232 g/mol. The Balaban J connectivity index is 1.93. The van der Waals surface area contributed by atoms with Crippen LogP contribution in [0.2, 0.25) is 0 Å². The largest absolute Gasteiger partial charge is 0.358 e. The van der Waals surface area contributed by atoms with Crippen molar-refractivity contribution in [3.8, 4) is 0 Å². The summed E-state index contributed by atoms with van der Waals surface area (Å²) in [7, 11) is 0. The molecule has 0 radical (unpaired) electrons. The summed E-state index contributed by atoms with van der Waals surface area (Å²) in [4.78, 5) is 3.65. The molecule has 1 aromatic carbocycles. The third-order valence-corrected chi connectivity index (χ3v) is 5.51. The van der Waals surface area contributed by atoms with Gasteiger partial charge >= 0.3 is 0 Å². The van der Waals surface area contributed by atoms with Gasteiger partial charge in [-0.15, -0.1) is 0 Å². The Morgan fingerprint density at radius 1 is 1.26 bits per heavy atom. The molecule has 1 aliphatic carbocycles. The van der Waals surface area contributed by atoms with E-state index in [1.165, 1.54) is 55.2 Å². The SMILES string of the molecule is CC[C@@]12CCCN[C@@H]1c1c([nH]c3ccccc13)CC2. The normalized spacial score (nSPS) is 30.1. The quantitative estimate of drug-likeness (QED) is 0.792. The number of fused-ring (bicyclic) bond motifs is 5. The number of nitrogens with one attached hydrogen (secondary N) is 2. The van der Waals surface area contributed by atoms with E-state index in [9.17, 15) is 0 Å². The summed E-state index contributed by atoms with van der Waals surface area (Å²) in [5, 5.41) is 5.27. The van der Waals surface area contributed by atoms with Crippen molar-refractivity contribution in [3.63, 3.8) is 0 Å². The molecule has 4 rings (SSSR count). The second-order valence-electron chi connectivity index (χ2n) is 6.27. The van der Waals surface area contributed by atoms with E-state index in [1.807, 2.05) is 0 Å². The van der Waals surface area contributed by atoms with Gasteiger partial charge in [-0.05, 0) is 55.7 Å². The van der Waals surface area contributed by atoms with Crippen molar-refractivity contribution in [2.45, 2.75) is 45.1 Å². The summed E-state index contributed by atoms with van der Waals surface area (Å²) in [6.07, 6.45) is 6.57. The number of H-pyrrole nitrogens is 1. The Morgan fingerprint density at radius 3 is 3.05 bits per heavy atom. The molecule has 2 atom stereocenters. The van der Waals surface area contributed by atoms with E-state index >= 15 is 0 Å². The molecule has 0 unspecified atom stereocenters. The predicted octanol–water partition coefficient (Wildman–Crippen LogP) is 3.94. The van der Waals surface area contributed by atoms with Crippen molar-refractivity contribution < 1.29 is 0 Å². The Hall–Kier alpha value is -1.28. The predicted molar refractivity (Wildman–Crippen MR) is 79.3 cm³/mol. The molecule has 0 saturated carbocycles. The third-order valence-electron chi connectivity index (χ3n) is 5.51. The Morgan fingerprint density at radius 2 is 2.16 bits per heavy atom. The zero-order chi connectivity index (χ0) is 12.9. The first-order valence-electron chi connectivity index (χ1n) is 7.67. The average molecular weight is 254 g/mol. The molecular formula is C17H22N2. The van der Waals surface area contributed by atoms with Crippen molar-refractivity contribution in [3.05, 3.63) is 35.5 Å². The molecule has 2 heterocycles. The van der Waals surface area contributed by atoms with Gasteiger partial charge in [-0.3, -0.25) is 0 Å². The molecule has 19 heavy (non-hydrogen) atoms. The van der Waals surface area contributed by atoms with Crippen LogP contribution in [0, 0.1) is 5.41 Å². The monoisotopic (exact) mass is 254 g/mol. The van der Waals surface area contributed by atoms with E-state index in [-0.39, 0.29) is 0 Å². The van der Waals surface area contributed by atoms with Gasteiger partial charge in [0.25, 0.3) is 0 Å². The molecule has 2 heteroatoms. The highest BCUT2D eigenvalue weighted by Crippen LogP contribution is 2.52. The van der Waals surface area contributed by atoms with Crippen LogP contribution in [0.4, 0.5) is 0 Å². The number of rotatable bonds is 1. The number of para-hydroxylation sites is 1. The molecule has 1 saturated heterocycles. The highest BCUT2D eigenvalue weighted by atomic mass is 15.0. The maximum atomic E-state index is 3.83.